The van der Waals surface area contributed by atoms with Gasteiger partial charge >= 0.3 is 0 Å². The molecule has 64 heavy (non-hydrogen) atoms. The van der Waals surface area contributed by atoms with Crippen LogP contribution in [0.2, 0.25) is 0 Å². The lowest BCUT2D eigenvalue weighted by atomic mass is 9.94. The Hall–Kier alpha value is -7.76. The third kappa shape index (κ3) is 6.06. The topological polar surface area (TPSA) is 16.4 Å². The highest BCUT2D eigenvalue weighted by molar-refractivity contribution is 7.26. The lowest BCUT2D eigenvalue weighted by Crippen LogP contribution is -2.10. The van der Waals surface area contributed by atoms with E-state index in [1.807, 2.05) is 22.7 Å². The van der Waals surface area contributed by atoms with Gasteiger partial charge in [0.1, 0.15) is 5.58 Å². The molecule has 0 radical (unpaired) electrons. The van der Waals surface area contributed by atoms with Crippen molar-refractivity contribution in [3.63, 3.8) is 0 Å². The van der Waals surface area contributed by atoms with Crippen LogP contribution in [0.25, 0.3) is 107 Å². The van der Waals surface area contributed by atoms with Gasteiger partial charge < -0.3 is 9.32 Å². The summed E-state index contributed by atoms with van der Waals surface area (Å²) in [6.07, 6.45) is 0. The molecule has 0 saturated heterocycles. The summed E-state index contributed by atoms with van der Waals surface area (Å²) in [5.74, 6) is 0. The van der Waals surface area contributed by atoms with Gasteiger partial charge in [-0.1, -0.05) is 152 Å². The van der Waals surface area contributed by atoms with Crippen LogP contribution < -0.4 is 4.90 Å². The minimum absolute atomic E-state index is 0.843. The molecular weight excluding hydrogens is 815 g/mol. The number of furan rings is 1. The largest absolute Gasteiger partial charge is 0.453 e. The molecule has 300 valence electrons. The summed E-state index contributed by atoms with van der Waals surface area (Å²) in [5, 5.41) is 7.42. The molecule has 0 aliphatic rings. The van der Waals surface area contributed by atoms with Crippen molar-refractivity contribution in [2.24, 2.45) is 0 Å². The van der Waals surface area contributed by atoms with Crippen molar-refractivity contribution in [2.45, 2.75) is 0 Å². The highest BCUT2D eigenvalue weighted by atomic mass is 32.1. The van der Waals surface area contributed by atoms with Crippen LogP contribution >= 0.6 is 22.7 Å². The number of nitrogens with zero attached hydrogens (tertiary/aromatic N) is 1. The molecule has 0 aliphatic carbocycles. The zero-order valence-corrected chi connectivity index (χ0v) is 36.2. The number of thiophene rings is 2. The molecule has 0 saturated carbocycles. The first-order valence-electron chi connectivity index (χ1n) is 21.6. The van der Waals surface area contributed by atoms with Gasteiger partial charge in [-0.05, 0) is 112 Å². The fourth-order valence-corrected chi connectivity index (χ4v) is 11.8. The molecule has 0 aliphatic heterocycles. The third-order valence-electron chi connectivity index (χ3n) is 12.7. The Bertz CT molecular complexity index is 3720. The minimum Gasteiger partial charge on any atom is -0.453 e. The van der Waals surface area contributed by atoms with Gasteiger partial charge in [0.15, 0.2) is 5.58 Å². The highest BCUT2D eigenvalue weighted by Gasteiger charge is 2.23. The molecule has 4 heteroatoms. The van der Waals surface area contributed by atoms with Gasteiger partial charge in [0, 0.05) is 68.1 Å². The second-order valence-electron chi connectivity index (χ2n) is 16.4. The summed E-state index contributed by atoms with van der Waals surface area (Å²) >= 11 is 3.71. The average molecular weight is 852 g/mol. The van der Waals surface area contributed by atoms with Gasteiger partial charge in [-0.2, -0.15) is 0 Å². The smallest absolute Gasteiger partial charge is 0.159 e. The standard InChI is InChI=1S/C60H37NOS2/c1-3-12-40(13-4-1)46-32-33-47(41-14-5-2-6-15-41)60-58(46)50-18-11-19-53(59(50)62-60)61(44-28-22-38(23-29-44)42-26-34-56-51(36-42)48-16-7-9-20-54(48)63-56)45-30-24-39(25-31-45)43-27-35-57-52(37-43)49-17-8-10-21-55(49)64-57/h1-37H. The van der Waals surface area contributed by atoms with Crippen LogP contribution in [0.4, 0.5) is 17.1 Å². The van der Waals surface area contributed by atoms with Crippen molar-refractivity contribution in [1.82, 2.24) is 0 Å². The Kier molecular flexibility index (Phi) is 8.61. The molecular formula is C60H37NOS2. The Morgan fingerprint density at radius 1 is 0.297 bits per heavy atom. The van der Waals surface area contributed by atoms with E-state index in [0.717, 1.165) is 61.3 Å². The van der Waals surface area contributed by atoms with Gasteiger partial charge in [-0.15, -0.1) is 22.7 Å². The molecule has 0 fully saturated rings. The van der Waals surface area contributed by atoms with Crippen LogP contribution in [0, 0.1) is 0 Å². The number of hydrogen-bond acceptors (Lipinski definition) is 4. The molecule has 0 atom stereocenters. The number of fused-ring (bicyclic) bond motifs is 9. The normalized spacial score (nSPS) is 11.8. The van der Waals surface area contributed by atoms with E-state index < -0.39 is 0 Å². The lowest BCUT2D eigenvalue weighted by Gasteiger charge is -2.26. The molecule has 10 aromatic carbocycles. The second-order valence-corrected chi connectivity index (χ2v) is 18.6. The zero-order chi connectivity index (χ0) is 42.1. The molecule has 0 amide bonds. The molecule has 0 spiro atoms. The summed E-state index contributed by atoms with van der Waals surface area (Å²) in [5.41, 5.74) is 14.1. The summed E-state index contributed by atoms with van der Waals surface area (Å²) < 4.78 is 12.5. The molecule has 13 aromatic rings. The fraction of sp³-hybridized carbons (Fsp3) is 0. The van der Waals surface area contributed by atoms with Gasteiger partial charge in [0.05, 0.1) is 5.69 Å². The van der Waals surface area contributed by atoms with Crippen LogP contribution in [-0.2, 0) is 0 Å². The third-order valence-corrected chi connectivity index (χ3v) is 15.0. The van der Waals surface area contributed by atoms with Crippen molar-refractivity contribution >= 4 is 102 Å². The Morgan fingerprint density at radius 2 is 0.750 bits per heavy atom. The SMILES string of the molecule is c1ccc(-c2ccc(-c3ccccc3)c3c2oc2c(N(c4ccc(-c5ccc6sc7ccccc7c6c5)cc4)c4ccc(-c5ccc6sc7ccccc7c6c5)cc4)cccc23)cc1. The monoisotopic (exact) mass is 851 g/mol. The summed E-state index contributed by atoms with van der Waals surface area (Å²) in [6, 6.07) is 81.5. The number of para-hydroxylation sites is 1. The van der Waals surface area contributed by atoms with Crippen molar-refractivity contribution in [3.05, 3.63) is 224 Å². The summed E-state index contributed by atoms with van der Waals surface area (Å²) in [6.45, 7) is 0. The molecule has 3 aromatic heterocycles. The van der Waals surface area contributed by atoms with Crippen molar-refractivity contribution in [1.29, 1.82) is 0 Å². The first-order chi connectivity index (χ1) is 31.7. The van der Waals surface area contributed by atoms with E-state index in [1.165, 1.54) is 62.6 Å². The Balaban J connectivity index is 0.984. The van der Waals surface area contributed by atoms with E-state index in [1.54, 1.807) is 0 Å². The van der Waals surface area contributed by atoms with E-state index in [2.05, 4.69) is 229 Å². The number of benzene rings is 10. The maximum absolute atomic E-state index is 7.24. The van der Waals surface area contributed by atoms with E-state index in [0.29, 0.717) is 0 Å². The lowest BCUT2D eigenvalue weighted by molar-refractivity contribution is 0.670. The van der Waals surface area contributed by atoms with Crippen molar-refractivity contribution in [2.75, 3.05) is 4.90 Å². The van der Waals surface area contributed by atoms with Crippen LogP contribution in [-0.4, -0.2) is 0 Å². The summed E-state index contributed by atoms with van der Waals surface area (Å²) in [7, 11) is 0. The number of rotatable bonds is 7. The molecule has 0 unspecified atom stereocenters. The molecule has 0 N–H and O–H groups in total. The van der Waals surface area contributed by atoms with Crippen LogP contribution in [0.15, 0.2) is 229 Å². The predicted octanol–water partition coefficient (Wildman–Crippen LogP) is 18.5. The molecule has 2 nitrogen and oxygen atoms in total. The maximum atomic E-state index is 7.24. The van der Waals surface area contributed by atoms with Gasteiger partial charge in [0.25, 0.3) is 0 Å². The van der Waals surface area contributed by atoms with E-state index in [4.69, 9.17) is 4.42 Å². The van der Waals surface area contributed by atoms with Crippen LogP contribution in [0.3, 0.4) is 0 Å². The number of anilines is 3. The van der Waals surface area contributed by atoms with Gasteiger partial charge in [0.2, 0.25) is 0 Å². The predicted molar refractivity (Wildman–Crippen MR) is 276 cm³/mol. The zero-order valence-electron chi connectivity index (χ0n) is 34.5. The average Bonchev–Trinajstić information content (AvgIpc) is 4.06. The second kappa shape index (κ2) is 15.0. The van der Waals surface area contributed by atoms with Crippen LogP contribution in [0.5, 0.6) is 0 Å². The first-order valence-corrected chi connectivity index (χ1v) is 23.3. The maximum Gasteiger partial charge on any atom is 0.159 e. The summed E-state index contributed by atoms with van der Waals surface area (Å²) in [4.78, 5) is 2.35. The molecule has 13 rings (SSSR count). The Morgan fingerprint density at radius 3 is 1.31 bits per heavy atom. The van der Waals surface area contributed by atoms with Crippen LogP contribution in [0.1, 0.15) is 0 Å². The molecule has 3 heterocycles. The highest BCUT2D eigenvalue weighted by Crippen LogP contribution is 2.48. The van der Waals surface area contributed by atoms with Crippen molar-refractivity contribution in [3.8, 4) is 44.5 Å². The molecule has 0 bridgehead atoms. The van der Waals surface area contributed by atoms with E-state index >= 15 is 0 Å². The number of hydrogen-bond donors (Lipinski definition) is 0. The fourth-order valence-electron chi connectivity index (χ4n) is 9.61. The van der Waals surface area contributed by atoms with Gasteiger partial charge in [-0.3, -0.25) is 0 Å². The quantitative estimate of drug-likeness (QED) is 0.159. The van der Waals surface area contributed by atoms with Gasteiger partial charge in [-0.25, -0.2) is 0 Å². The first kappa shape index (κ1) is 36.9. The van der Waals surface area contributed by atoms with E-state index in [9.17, 15) is 0 Å². The minimum atomic E-state index is 0.843. The van der Waals surface area contributed by atoms with Crippen molar-refractivity contribution < 1.29 is 4.42 Å². The Labute approximate surface area is 378 Å². The van der Waals surface area contributed by atoms with E-state index in [-0.39, 0.29) is 0 Å².